The molecule has 3 nitrogen and oxygen atoms in total. The highest BCUT2D eigenvalue weighted by molar-refractivity contribution is 7.39. The minimum absolute atomic E-state index is 0.349. The number of thiophene rings is 2. The van der Waals surface area contributed by atoms with Crippen molar-refractivity contribution in [3.05, 3.63) is 51.7 Å². The summed E-state index contributed by atoms with van der Waals surface area (Å²) in [4.78, 5) is 14.2. The maximum Gasteiger partial charge on any atom is 0.353 e. The van der Waals surface area contributed by atoms with Crippen LogP contribution in [0.4, 0.5) is 0 Å². The summed E-state index contributed by atoms with van der Waals surface area (Å²) >= 11 is 3.24. The highest BCUT2D eigenvalue weighted by Crippen LogP contribution is 2.34. The fourth-order valence-electron chi connectivity index (χ4n) is 2.22. The molecule has 0 saturated carbocycles. The van der Waals surface area contributed by atoms with Crippen LogP contribution in [-0.4, -0.2) is 5.97 Å². The molecule has 0 amide bonds. The molecule has 0 aliphatic rings. The lowest BCUT2D eigenvalue weighted by molar-refractivity contribution is 0.0740. The molecule has 0 fully saturated rings. The van der Waals surface area contributed by atoms with Gasteiger partial charge in [0.15, 0.2) is 0 Å². The molecule has 0 saturated heterocycles. The van der Waals surface area contributed by atoms with E-state index in [1.54, 1.807) is 35.6 Å². The molecule has 0 aliphatic heterocycles. The molecular formula is C18H15NO2S2. The number of carbonyl (C=O) groups is 1. The summed E-state index contributed by atoms with van der Waals surface area (Å²) < 4.78 is 6.53. The summed E-state index contributed by atoms with van der Waals surface area (Å²) in [6.07, 6.45) is 3.49. The highest BCUT2D eigenvalue weighted by Gasteiger charge is 2.14. The number of fused-ring (bicyclic) bond motifs is 1. The Bertz CT molecular complexity index is 837. The first-order valence-corrected chi connectivity index (χ1v) is 9.07. The van der Waals surface area contributed by atoms with Gasteiger partial charge in [0, 0.05) is 10.3 Å². The Hall–Kier alpha value is -2.16. The normalized spacial score (nSPS) is 10.6. The van der Waals surface area contributed by atoms with Crippen LogP contribution in [0.15, 0.2) is 36.4 Å². The number of ether oxygens (including phenoxy) is 1. The Balaban J connectivity index is 1.72. The fraction of sp³-hybridized carbons (Fsp3) is 0.222. The lowest BCUT2D eigenvalue weighted by atomic mass is 10.2. The summed E-state index contributed by atoms with van der Waals surface area (Å²) in [6, 6.07) is 12.6. The minimum atomic E-state index is -0.349. The van der Waals surface area contributed by atoms with Gasteiger partial charge in [-0.2, -0.15) is 5.26 Å². The quantitative estimate of drug-likeness (QED) is 0.461. The average Bonchev–Trinajstić information content (AvgIpc) is 3.12. The molecule has 2 aromatic heterocycles. The molecule has 3 rings (SSSR count). The van der Waals surface area contributed by atoms with Gasteiger partial charge in [0.1, 0.15) is 10.6 Å². The van der Waals surface area contributed by atoms with Crippen LogP contribution in [0.5, 0.6) is 5.75 Å². The van der Waals surface area contributed by atoms with Crippen molar-refractivity contribution in [2.45, 2.75) is 26.2 Å². The molecule has 5 heteroatoms. The van der Waals surface area contributed by atoms with Gasteiger partial charge in [0.25, 0.3) is 0 Å². The van der Waals surface area contributed by atoms with Crippen molar-refractivity contribution in [2.75, 3.05) is 0 Å². The number of hydrogen-bond acceptors (Lipinski definition) is 5. The molecular weight excluding hydrogens is 326 g/mol. The number of nitrogens with zero attached hydrogens (tertiary/aromatic N) is 1. The maximum absolute atomic E-state index is 12.2. The molecule has 0 bridgehead atoms. The van der Waals surface area contributed by atoms with E-state index in [4.69, 9.17) is 10.00 Å². The van der Waals surface area contributed by atoms with Gasteiger partial charge in [0.05, 0.1) is 15.6 Å². The van der Waals surface area contributed by atoms with Gasteiger partial charge >= 0.3 is 5.97 Å². The van der Waals surface area contributed by atoms with E-state index in [0.717, 1.165) is 11.8 Å². The van der Waals surface area contributed by atoms with Gasteiger partial charge in [-0.05, 0) is 49.2 Å². The standard InChI is InChI=1S/C18H15NO2S2/c1-2-3-4-15-9-13-10-16(23-18(13)22-15)17(20)21-14-7-5-12(11-19)6-8-14/h5-10H,2-4H2,1H3. The smallest absolute Gasteiger partial charge is 0.353 e. The third-order valence-electron chi connectivity index (χ3n) is 3.44. The Labute approximate surface area is 142 Å². The van der Waals surface area contributed by atoms with Crippen molar-refractivity contribution < 1.29 is 9.53 Å². The van der Waals surface area contributed by atoms with Gasteiger partial charge in [-0.3, -0.25) is 0 Å². The summed E-state index contributed by atoms with van der Waals surface area (Å²) in [6.45, 7) is 2.19. The van der Waals surface area contributed by atoms with Crippen LogP contribution < -0.4 is 4.74 Å². The number of carbonyl (C=O) groups excluding carboxylic acids is 1. The van der Waals surface area contributed by atoms with Crippen LogP contribution in [0.1, 0.15) is 39.9 Å². The van der Waals surface area contributed by atoms with E-state index in [1.807, 2.05) is 12.1 Å². The van der Waals surface area contributed by atoms with Crippen LogP contribution in [0.3, 0.4) is 0 Å². The highest BCUT2D eigenvalue weighted by atomic mass is 32.2. The molecule has 116 valence electrons. The lowest BCUT2D eigenvalue weighted by Gasteiger charge is -2.01. The summed E-state index contributed by atoms with van der Waals surface area (Å²) in [5, 5.41) is 9.89. The molecule has 23 heavy (non-hydrogen) atoms. The first kappa shape index (κ1) is 15.7. The first-order chi connectivity index (χ1) is 11.2. The predicted molar refractivity (Wildman–Crippen MR) is 94.4 cm³/mol. The molecule has 0 spiro atoms. The zero-order chi connectivity index (χ0) is 16.2. The third kappa shape index (κ3) is 3.61. The van der Waals surface area contributed by atoms with Crippen LogP contribution in [0, 0.1) is 11.3 Å². The Kier molecular flexibility index (Phi) is 4.75. The topological polar surface area (TPSA) is 50.1 Å². The second-order valence-electron chi connectivity index (χ2n) is 5.20. The zero-order valence-electron chi connectivity index (χ0n) is 12.7. The molecule has 1 aromatic carbocycles. The molecule has 0 atom stereocenters. The van der Waals surface area contributed by atoms with Gasteiger partial charge in [-0.15, -0.1) is 22.7 Å². The Morgan fingerprint density at radius 2 is 2.00 bits per heavy atom. The van der Waals surface area contributed by atoms with Crippen molar-refractivity contribution in [3.8, 4) is 11.8 Å². The number of rotatable bonds is 5. The van der Waals surface area contributed by atoms with E-state index in [9.17, 15) is 4.79 Å². The van der Waals surface area contributed by atoms with Crippen molar-refractivity contribution >= 4 is 38.0 Å². The second kappa shape index (κ2) is 6.95. The fourth-order valence-corrected chi connectivity index (χ4v) is 4.63. The van der Waals surface area contributed by atoms with Gasteiger partial charge in [-0.25, -0.2) is 4.79 Å². The summed E-state index contributed by atoms with van der Waals surface area (Å²) in [5.74, 6) is 0.104. The number of unbranched alkanes of at least 4 members (excludes halogenated alkanes) is 1. The van der Waals surface area contributed by atoms with Crippen molar-refractivity contribution in [1.82, 2.24) is 0 Å². The Morgan fingerprint density at radius 1 is 1.22 bits per heavy atom. The van der Waals surface area contributed by atoms with E-state index in [2.05, 4.69) is 13.0 Å². The van der Waals surface area contributed by atoms with Crippen molar-refractivity contribution in [2.24, 2.45) is 0 Å². The van der Waals surface area contributed by atoms with Gasteiger partial charge in [-0.1, -0.05) is 13.3 Å². The third-order valence-corrected chi connectivity index (χ3v) is 5.87. The van der Waals surface area contributed by atoms with Crippen LogP contribution in [0.2, 0.25) is 0 Å². The van der Waals surface area contributed by atoms with E-state index in [-0.39, 0.29) is 5.97 Å². The maximum atomic E-state index is 12.2. The largest absolute Gasteiger partial charge is 0.422 e. The first-order valence-electron chi connectivity index (χ1n) is 7.44. The number of aryl methyl sites for hydroxylation is 1. The van der Waals surface area contributed by atoms with E-state index in [1.165, 1.54) is 33.1 Å². The minimum Gasteiger partial charge on any atom is -0.422 e. The predicted octanol–water partition coefficient (Wildman–Crippen LogP) is 5.40. The molecule has 0 aliphatic carbocycles. The summed E-state index contributed by atoms with van der Waals surface area (Å²) in [5.41, 5.74) is 0.543. The van der Waals surface area contributed by atoms with Crippen LogP contribution in [0.25, 0.3) is 9.40 Å². The lowest BCUT2D eigenvalue weighted by Crippen LogP contribution is -2.06. The van der Waals surface area contributed by atoms with Gasteiger partial charge in [0.2, 0.25) is 0 Å². The monoisotopic (exact) mass is 341 g/mol. The molecule has 0 N–H and O–H groups in total. The van der Waals surface area contributed by atoms with Crippen molar-refractivity contribution in [3.63, 3.8) is 0 Å². The van der Waals surface area contributed by atoms with E-state index >= 15 is 0 Å². The molecule has 0 radical (unpaired) electrons. The summed E-state index contributed by atoms with van der Waals surface area (Å²) in [7, 11) is 0. The molecule has 3 aromatic rings. The average molecular weight is 341 g/mol. The second-order valence-corrected chi connectivity index (χ2v) is 7.64. The van der Waals surface area contributed by atoms with Crippen LogP contribution in [-0.2, 0) is 6.42 Å². The molecule has 0 unspecified atom stereocenters. The molecule has 2 heterocycles. The number of nitriles is 1. The number of esters is 1. The van der Waals surface area contributed by atoms with Crippen molar-refractivity contribution in [1.29, 1.82) is 5.26 Å². The zero-order valence-corrected chi connectivity index (χ0v) is 14.3. The Morgan fingerprint density at radius 3 is 2.65 bits per heavy atom. The van der Waals surface area contributed by atoms with Crippen LogP contribution >= 0.6 is 22.7 Å². The van der Waals surface area contributed by atoms with E-state index < -0.39 is 0 Å². The number of hydrogen-bond donors (Lipinski definition) is 0. The number of benzene rings is 1. The van der Waals surface area contributed by atoms with E-state index in [0.29, 0.717) is 16.2 Å². The van der Waals surface area contributed by atoms with Gasteiger partial charge < -0.3 is 4.74 Å². The SMILES string of the molecule is CCCCc1cc2cc(C(=O)Oc3ccc(C#N)cc3)sc2s1.